The van der Waals surface area contributed by atoms with Crippen LogP contribution in [0.25, 0.3) is 11.0 Å². The molecule has 1 aromatic heterocycles. The van der Waals surface area contributed by atoms with Crippen LogP contribution in [-0.4, -0.2) is 26.5 Å². The lowest BCUT2D eigenvalue weighted by Gasteiger charge is -2.26. The van der Waals surface area contributed by atoms with Gasteiger partial charge in [0.2, 0.25) is 0 Å². The van der Waals surface area contributed by atoms with Gasteiger partial charge in [0.25, 0.3) is 0 Å². The molecule has 0 aliphatic heterocycles. The van der Waals surface area contributed by atoms with Crippen LogP contribution in [-0.2, 0) is 13.0 Å². The summed E-state index contributed by atoms with van der Waals surface area (Å²) in [4.78, 5) is 10.1. The Morgan fingerprint density at radius 2 is 1.87 bits per heavy atom. The zero-order valence-corrected chi connectivity index (χ0v) is 17.5. The van der Waals surface area contributed by atoms with Gasteiger partial charge in [-0.15, -0.1) is 0 Å². The molecule has 0 aliphatic carbocycles. The molecule has 6 heteroatoms. The van der Waals surface area contributed by atoms with Crippen molar-refractivity contribution in [3.63, 3.8) is 0 Å². The predicted molar refractivity (Wildman–Crippen MR) is 124 cm³/mol. The van der Waals surface area contributed by atoms with Crippen LogP contribution < -0.4 is 5.32 Å². The molecule has 0 radical (unpaired) electrons. The number of anilines is 1. The molecule has 0 fully saturated rings. The Kier molecular flexibility index (Phi) is 6.05. The average molecular weight is 419 g/mol. The molecule has 2 N–H and O–H groups in total. The first kappa shape index (κ1) is 20.0. The minimum absolute atomic E-state index is 0.243. The van der Waals surface area contributed by atoms with E-state index in [4.69, 9.17) is 12.2 Å². The number of nitrogens with zero attached hydrogens (tertiary/aromatic N) is 2. The number of thiocarbonyl (C=S) groups is 1. The second-order valence-corrected chi connectivity index (χ2v) is 7.68. The number of H-pyrrole nitrogens is 1. The van der Waals surface area contributed by atoms with E-state index in [1.165, 1.54) is 12.1 Å². The van der Waals surface area contributed by atoms with Crippen molar-refractivity contribution in [3.05, 3.63) is 95.6 Å². The smallest absolute Gasteiger partial charge is 0.173 e. The fraction of sp³-hybridized carbons (Fsp3) is 0.167. The molecule has 30 heavy (non-hydrogen) atoms. The quantitative estimate of drug-likeness (QED) is 0.409. The molecule has 3 aromatic carbocycles. The Bertz CT molecular complexity index is 1120. The largest absolute Gasteiger partial charge is 0.344 e. The van der Waals surface area contributed by atoms with E-state index < -0.39 is 0 Å². The van der Waals surface area contributed by atoms with Crippen LogP contribution in [0.4, 0.5) is 10.1 Å². The normalized spacial score (nSPS) is 10.9. The van der Waals surface area contributed by atoms with Gasteiger partial charge in [-0.3, -0.25) is 0 Å². The molecule has 4 nitrogen and oxygen atoms in total. The van der Waals surface area contributed by atoms with E-state index in [1.54, 1.807) is 12.1 Å². The molecule has 0 spiro atoms. The molecule has 4 aromatic rings. The summed E-state index contributed by atoms with van der Waals surface area (Å²) in [5.41, 5.74) is 5.09. The molecule has 0 atom stereocenters. The van der Waals surface area contributed by atoms with Crippen LogP contribution in [0.15, 0.2) is 72.8 Å². The molecule has 0 saturated carbocycles. The highest BCUT2D eigenvalue weighted by molar-refractivity contribution is 7.80. The van der Waals surface area contributed by atoms with Gasteiger partial charge in [-0.1, -0.05) is 36.4 Å². The van der Waals surface area contributed by atoms with Crippen molar-refractivity contribution in [2.45, 2.75) is 19.9 Å². The van der Waals surface area contributed by atoms with Crippen molar-refractivity contribution >= 4 is 34.1 Å². The van der Waals surface area contributed by atoms with Crippen molar-refractivity contribution in [1.29, 1.82) is 0 Å². The number of nitrogens with one attached hydrogen (secondary N) is 2. The number of halogens is 1. The molecule has 0 aliphatic rings. The Morgan fingerprint density at radius 3 is 2.63 bits per heavy atom. The van der Waals surface area contributed by atoms with E-state index in [9.17, 15) is 4.39 Å². The van der Waals surface area contributed by atoms with Gasteiger partial charge in [0.15, 0.2) is 5.11 Å². The highest BCUT2D eigenvalue weighted by Crippen LogP contribution is 2.15. The lowest BCUT2D eigenvalue weighted by atomic mass is 10.2. The second kappa shape index (κ2) is 9.05. The Morgan fingerprint density at radius 1 is 1.07 bits per heavy atom. The van der Waals surface area contributed by atoms with Crippen molar-refractivity contribution in [1.82, 2.24) is 14.9 Å². The van der Waals surface area contributed by atoms with Crippen molar-refractivity contribution in [2.24, 2.45) is 0 Å². The SMILES string of the molecule is Cc1cccc(NC(=S)N(CCc2nc3ccccc3[nH]2)Cc2ccc(F)cc2)c1. The highest BCUT2D eigenvalue weighted by Gasteiger charge is 2.13. The lowest BCUT2D eigenvalue weighted by Crippen LogP contribution is -2.36. The minimum atomic E-state index is -0.243. The van der Waals surface area contributed by atoms with E-state index in [-0.39, 0.29) is 5.82 Å². The zero-order valence-electron chi connectivity index (χ0n) is 16.7. The monoisotopic (exact) mass is 418 g/mol. The number of aromatic nitrogens is 2. The topological polar surface area (TPSA) is 44.0 Å². The third kappa shape index (κ3) is 5.02. The maximum Gasteiger partial charge on any atom is 0.173 e. The van der Waals surface area contributed by atoms with E-state index in [2.05, 4.69) is 26.3 Å². The molecular formula is C24H23FN4S. The number of rotatable bonds is 6. The van der Waals surface area contributed by atoms with Crippen LogP contribution in [0.2, 0.25) is 0 Å². The summed E-state index contributed by atoms with van der Waals surface area (Å²) >= 11 is 5.72. The number of imidazole rings is 1. The van der Waals surface area contributed by atoms with Crippen LogP contribution in [0, 0.1) is 12.7 Å². The molecule has 1 heterocycles. The molecule has 152 valence electrons. The first-order chi connectivity index (χ1) is 14.6. The molecule has 4 rings (SSSR count). The van der Waals surface area contributed by atoms with Crippen molar-refractivity contribution < 1.29 is 4.39 Å². The Balaban J connectivity index is 1.50. The van der Waals surface area contributed by atoms with Crippen molar-refractivity contribution in [3.8, 4) is 0 Å². The van der Waals surface area contributed by atoms with Gasteiger partial charge in [-0.25, -0.2) is 9.37 Å². The molecular weight excluding hydrogens is 395 g/mol. The number of hydrogen-bond donors (Lipinski definition) is 2. The third-order valence-corrected chi connectivity index (χ3v) is 5.26. The Labute approximate surface area is 180 Å². The van der Waals surface area contributed by atoms with Crippen molar-refractivity contribution in [2.75, 3.05) is 11.9 Å². The van der Waals surface area contributed by atoms with E-state index >= 15 is 0 Å². The number of aromatic amines is 1. The summed E-state index contributed by atoms with van der Waals surface area (Å²) in [5.74, 6) is 0.673. The number of hydrogen-bond acceptors (Lipinski definition) is 2. The number of benzene rings is 3. The fourth-order valence-corrected chi connectivity index (χ4v) is 3.63. The van der Waals surface area contributed by atoms with Gasteiger partial charge in [0, 0.05) is 25.2 Å². The average Bonchev–Trinajstić information content (AvgIpc) is 3.15. The van der Waals surface area contributed by atoms with Gasteiger partial charge in [0.1, 0.15) is 11.6 Å². The van der Waals surface area contributed by atoms with E-state index in [0.29, 0.717) is 24.6 Å². The summed E-state index contributed by atoms with van der Waals surface area (Å²) < 4.78 is 13.3. The summed E-state index contributed by atoms with van der Waals surface area (Å²) in [5, 5.41) is 3.96. The highest BCUT2D eigenvalue weighted by atomic mass is 32.1. The van der Waals surface area contributed by atoms with Gasteiger partial charge in [-0.2, -0.15) is 0 Å². The van der Waals surface area contributed by atoms with Crippen LogP contribution in [0.3, 0.4) is 0 Å². The Hall–Kier alpha value is -3.25. The minimum Gasteiger partial charge on any atom is -0.344 e. The summed E-state index contributed by atoms with van der Waals surface area (Å²) in [6.45, 7) is 3.30. The molecule has 0 bridgehead atoms. The molecule has 0 unspecified atom stereocenters. The number of fused-ring (bicyclic) bond motifs is 1. The van der Waals surface area contributed by atoms with Gasteiger partial charge in [0.05, 0.1) is 11.0 Å². The third-order valence-electron chi connectivity index (χ3n) is 4.90. The first-order valence-electron chi connectivity index (χ1n) is 9.87. The molecule has 0 amide bonds. The fourth-order valence-electron chi connectivity index (χ4n) is 3.35. The van der Waals surface area contributed by atoms with Gasteiger partial charge in [-0.05, 0) is 66.7 Å². The maximum absolute atomic E-state index is 13.3. The first-order valence-corrected chi connectivity index (χ1v) is 10.3. The predicted octanol–water partition coefficient (Wildman–Crippen LogP) is 5.45. The lowest BCUT2D eigenvalue weighted by molar-refractivity contribution is 0.419. The molecule has 0 saturated heterocycles. The van der Waals surface area contributed by atoms with Gasteiger partial charge >= 0.3 is 0 Å². The summed E-state index contributed by atoms with van der Waals surface area (Å²) in [7, 11) is 0. The standard InChI is InChI=1S/C24H23FN4S/c1-17-5-4-6-20(15-17)26-24(30)29(16-18-9-11-19(25)12-10-18)14-13-23-27-21-7-2-3-8-22(21)28-23/h2-12,15H,13-14,16H2,1H3,(H,26,30)(H,27,28). The number of para-hydroxylation sites is 2. The summed E-state index contributed by atoms with van der Waals surface area (Å²) in [6.07, 6.45) is 0.714. The maximum atomic E-state index is 13.3. The van der Waals surface area contributed by atoms with Crippen LogP contribution in [0.5, 0.6) is 0 Å². The van der Waals surface area contributed by atoms with Gasteiger partial charge < -0.3 is 15.2 Å². The van der Waals surface area contributed by atoms with E-state index in [0.717, 1.165) is 33.7 Å². The number of aryl methyl sites for hydroxylation is 1. The second-order valence-electron chi connectivity index (χ2n) is 7.30. The van der Waals surface area contributed by atoms with E-state index in [1.807, 2.05) is 49.4 Å². The zero-order chi connectivity index (χ0) is 20.9. The van der Waals surface area contributed by atoms with Crippen LogP contribution >= 0.6 is 12.2 Å². The van der Waals surface area contributed by atoms with Crippen LogP contribution in [0.1, 0.15) is 17.0 Å². The summed E-state index contributed by atoms with van der Waals surface area (Å²) in [6, 6.07) is 22.6.